The van der Waals surface area contributed by atoms with Gasteiger partial charge in [0, 0.05) is 26.3 Å². The summed E-state index contributed by atoms with van der Waals surface area (Å²) in [6, 6.07) is 0. The third kappa shape index (κ3) is 1.26. The molecule has 14 heavy (non-hydrogen) atoms. The van der Waals surface area contributed by atoms with Gasteiger partial charge in [0.15, 0.2) is 5.78 Å². The minimum Gasteiger partial charge on any atom is -0.392 e. The topological polar surface area (TPSA) is 55.1 Å². The molecule has 0 amide bonds. The number of hydrogen-bond acceptors (Lipinski definition) is 3. The van der Waals surface area contributed by atoms with Crippen molar-refractivity contribution in [2.75, 3.05) is 0 Å². The molecule has 0 saturated carbocycles. The van der Waals surface area contributed by atoms with Crippen LogP contribution < -0.4 is 0 Å². The Balaban J connectivity index is 2.51. The van der Waals surface area contributed by atoms with Crippen LogP contribution in [0.5, 0.6) is 0 Å². The molecule has 1 atom stereocenters. The first-order chi connectivity index (χ1) is 6.63. The predicted molar refractivity (Wildman–Crippen MR) is 51.2 cm³/mol. The van der Waals surface area contributed by atoms with Crippen molar-refractivity contribution in [2.45, 2.75) is 32.3 Å². The first kappa shape index (κ1) is 9.40. The zero-order chi connectivity index (χ0) is 10.3. The molecule has 1 N–H and O–H groups in total. The van der Waals surface area contributed by atoms with Gasteiger partial charge in [0.25, 0.3) is 0 Å². The first-order valence-electron chi connectivity index (χ1n) is 4.89. The molecule has 1 aliphatic rings. The average molecular weight is 194 g/mol. The molecular formula is C10H14N2O2. The van der Waals surface area contributed by atoms with Gasteiger partial charge in [0.1, 0.15) is 11.5 Å². The molecule has 0 bridgehead atoms. The number of rotatable bonds is 1. The number of aryl methyl sites for hydroxylation is 1. The third-order valence-corrected chi connectivity index (χ3v) is 2.74. The number of hydrogen-bond donors (Lipinski definition) is 1. The van der Waals surface area contributed by atoms with E-state index in [2.05, 4.69) is 4.98 Å². The minimum absolute atomic E-state index is 0.0333. The lowest BCUT2D eigenvalue weighted by Crippen LogP contribution is -2.25. The average Bonchev–Trinajstić information content (AvgIpc) is 2.44. The molecule has 1 heterocycles. The van der Waals surface area contributed by atoms with Crippen molar-refractivity contribution in [3.05, 3.63) is 17.2 Å². The van der Waals surface area contributed by atoms with E-state index in [1.54, 1.807) is 0 Å². The number of nitrogens with zero attached hydrogens (tertiary/aromatic N) is 2. The van der Waals surface area contributed by atoms with Crippen molar-refractivity contribution in [3.63, 3.8) is 0 Å². The zero-order valence-electron chi connectivity index (χ0n) is 8.45. The Kier molecular flexibility index (Phi) is 2.15. The lowest BCUT2D eigenvalue weighted by molar-refractivity contribution is 0.0844. The summed E-state index contributed by atoms with van der Waals surface area (Å²) in [5, 5.41) is 9.47. The molecule has 0 aliphatic heterocycles. The van der Waals surface area contributed by atoms with Gasteiger partial charge in [-0.2, -0.15) is 0 Å². The maximum Gasteiger partial charge on any atom is 0.185 e. The highest BCUT2D eigenvalue weighted by atomic mass is 16.3. The van der Waals surface area contributed by atoms with Crippen LogP contribution in [0.25, 0.3) is 0 Å². The summed E-state index contributed by atoms with van der Waals surface area (Å²) < 4.78 is 1.93. The van der Waals surface area contributed by atoms with E-state index in [1.165, 1.54) is 0 Å². The van der Waals surface area contributed by atoms with Crippen LogP contribution in [0.4, 0.5) is 0 Å². The summed E-state index contributed by atoms with van der Waals surface area (Å²) in [7, 11) is 1.90. The number of imidazole rings is 1. The Morgan fingerprint density at radius 1 is 1.57 bits per heavy atom. The van der Waals surface area contributed by atoms with E-state index in [-0.39, 0.29) is 12.2 Å². The quantitative estimate of drug-likeness (QED) is 0.707. The van der Waals surface area contributed by atoms with Gasteiger partial charge in [-0.15, -0.1) is 0 Å². The van der Waals surface area contributed by atoms with Crippen LogP contribution in [0.15, 0.2) is 0 Å². The second kappa shape index (κ2) is 3.20. The Hall–Kier alpha value is -1.16. The monoisotopic (exact) mass is 194 g/mol. The van der Waals surface area contributed by atoms with E-state index >= 15 is 0 Å². The number of aromatic nitrogens is 2. The number of aliphatic hydroxyl groups excluding tert-OH is 1. The van der Waals surface area contributed by atoms with Crippen molar-refractivity contribution in [2.24, 2.45) is 7.05 Å². The summed E-state index contributed by atoms with van der Waals surface area (Å²) in [5.41, 5.74) is 1.44. The van der Waals surface area contributed by atoms with E-state index in [0.29, 0.717) is 12.1 Å². The largest absolute Gasteiger partial charge is 0.392 e. The molecule has 4 nitrogen and oxygen atoms in total. The van der Waals surface area contributed by atoms with Gasteiger partial charge in [0.2, 0.25) is 0 Å². The van der Waals surface area contributed by atoms with Gasteiger partial charge < -0.3 is 9.67 Å². The Morgan fingerprint density at radius 3 is 2.93 bits per heavy atom. The summed E-state index contributed by atoms with van der Waals surface area (Å²) in [5.74, 6) is 0.881. The second-order valence-corrected chi connectivity index (χ2v) is 3.72. The molecule has 1 aliphatic carbocycles. The molecule has 0 spiro atoms. The van der Waals surface area contributed by atoms with E-state index in [4.69, 9.17) is 0 Å². The number of aliphatic hydroxyl groups is 1. The van der Waals surface area contributed by atoms with Crippen molar-refractivity contribution in [1.29, 1.82) is 0 Å². The first-order valence-corrected chi connectivity index (χ1v) is 4.89. The van der Waals surface area contributed by atoms with Gasteiger partial charge in [-0.25, -0.2) is 4.98 Å². The molecule has 76 valence electrons. The fourth-order valence-corrected chi connectivity index (χ4v) is 1.96. The van der Waals surface area contributed by atoms with Crippen LogP contribution in [-0.2, 0) is 19.9 Å². The Bertz CT molecular complexity index is 382. The molecule has 1 unspecified atom stereocenters. The summed E-state index contributed by atoms with van der Waals surface area (Å²) in [4.78, 5) is 15.8. The number of fused-ring (bicyclic) bond motifs is 1. The molecular weight excluding hydrogens is 180 g/mol. The number of carbonyl (C=O) groups excluding carboxylic acids is 1. The molecule has 2 rings (SSSR count). The Morgan fingerprint density at radius 2 is 2.29 bits per heavy atom. The van der Waals surface area contributed by atoms with E-state index in [0.717, 1.165) is 17.9 Å². The summed E-state index contributed by atoms with van der Waals surface area (Å²) in [6.45, 7) is 2.01. The summed E-state index contributed by atoms with van der Waals surface area (Å²) in [6.07, 6.45) is 1.04. The molecule has 1 aromatic rings. The van der Waals surface area contributed by atoms with E-state index < -0.39 is 6.10 Å². The van der Waals surface area contributed by atoms with Crippen LogP contribution >= 0.6 is 0 Å². The van der Waals surface area contributed by atoms with Crippen LogP contribution in [0, 0.1) is 0 Å². The normalized spacial score (nSPS) is 21.1. The third-order valence-electron chi connectivity index (χ3n) is 2.74. The predicted octanol–water partition coefficient (Wildman–Crippen LogP) is 0.472. The van der Waals surface area contributed by atoms with Gasteiger partial charge in [-0.1, -0.05) is 6.92 Å². The molecule has 0 radical (unpaired) electrons. The molecule has 0 fully saturated rings. The van der Waals surface area contributed by atoms with Crippen molar-refractivity contribution >= 4 is 5.78 Å². The van der Waals surface area contributed by atoms with Gasteiger partial charge >= 0.3 is 0 Å². The highest BCUT2D eigenvalue weighted by molar-refractivity contribution is 5.96. The van der Waals surface area contributed by atoms with E-state index in [9.17, 15) is 9.90 Å². The zero-order valence-corrected chi connectivity index (χ0v) is 8.45. The highest BCUT2D eigenvalue weighted by Crippen LogP contribution is 2.21. The fraction of sp³-hybridized carbons (Fsp3) is 0.600. The SMILES string of the molecule is CCc1nc2c(n1C)CC(O)CC2=O. The van der Waals surface area contributed by atoms with Crippen molar-refractivity contribution in [3.8, 4) is 0 Å². The molecule has 0 saturated heterocycles. The van der Waals surface area contributed by atoms with Gasteiger partial charge in [0.05, 0.1) is 11.8 Å². The summed E-state index contributed by atoms with van der Waals surface area (Å²) >= 11 is 0. The number of carbonyl (C=O) groups is 1. The lowest BCUT2D eigenvalue weighted by atomic mass is 9.97. The number of ketones is 1. The standard InChI is InChI=1S/C10H14N2O2/c1-3-9-11-10-7(12(9)2)4-6(13)5-8(10)14/h6,13H,3-5H2,1-2H3. The smallest absolute Gasteiger partial charge is 0.185 e. The Labute approximate surface area is 82.6 Å². The maximum absolute atomic E-state index is 11.5. The molecule has 0 aromatic carbocycles. The molecule has 1 aromatic heterocycles. The van der Waals surface area contributed by atoms with Gasteiger partial charge in [-0.05, 0) is 0 Å². The van der Waals surface area contributed by atoms with Crippen molar-refractivity contribution in [1.82, 2.24) is 9.55 Å². The lowest BCUT2D eigenvalue weighted by Gasteiger charge is -2.16. The maximum atomic E-state index is 11.5. The van der Waals surface area contributed by atoms with E-state index in [1.807, 2.05) is 18.5 Å². The molecule has 4 heteroatoms. The van der Waals surface area contributed by atoms with Crippen LogP contribution in [-0.4, -0.2) is 26.5 Å². The van der Waals surface area contributed by atoms with Gasteiger partial charge in [-0.3, -0.25) is 4.79 Å². The second-order valence-electron chi connectivity index (χ2n) is 3.72. The number of Topliss-reactive ketones (excluding diaryl/α,β-unsaturated/α-hetero) is 1. The van der Waals surface area contributed by atoms with Crippen LogP contribution in [0.3, 0.4) is 0 Å². The van der Waals surface area contributed by atoms with Crippen LogP contribution in [0.1, 0.15) is 35.4 Å². The van der Waals surface area contributed by atoms with Crippen LogP contribution in [0.2, 0.25) is 0 Å². The highest BCUT2D eigenvalue weighted by Gasteiger charge is 2.28. The van der Waals surface area contributed by atoms with Crippen molar-refractivity contribution < 1.29 is 9.90 Å². The fourth-order valence-electron chi connectivity index (χ4n) is 1.96. The minimum atomic E-state index is -0.532.